The SMILES string of the molecule is N=C(N)c1ccc2c(c1)C1c3ccccc3CCC1C(CN1C(=O)c3ccccc3C1=O)N2. The fourth-order valence-electron chi connectivity index (χ4n) is 5.82. The quantitative estimate of drug-likeness (QED) is 0.331. The molecule has 0 aromatic heterocycles. The number of hydrogen-bond acceptors (Lipinski definition) is 4. The van der Waals surface area contributed by atoms with Gasteiger partial charge in [0.2, 0.25) is 0 Å². The second kappa shape index (κ2) is 7.30. The van der Waals surface area contributed by atoms with Gasteiger partial charge in [0, 0.05) is 29.8 Å². The average molecular weight is 437 g/mol. The smallest absolute Gasteiger partial charge is 0.261 e. The molecule has 6 heteroatoms. The van der Waals surface area contributed by atoms with E-state index in [1.165, 1.54) is 16.0 Å². The molecule has 1 aliphatic carbocycles. The van der Waals surface area contributed by atoms with Crippen LogP contribution in [0.1, 0.15) is 55.3 Å². The minimum atomic E-state index is -0.220. The molecule has 3 aromatic carbocycles. The fourth-order valence-corrected chi connectivity index (χ4v) is 5.82. The predicted octanol–water partition coefficient (Wildman–Crippen LogP) is 3.76. The van der Waals surface area contributed by atoms with E-state index >= 15 is 0 Å². The summed E-state index contributed by atoms with van der Waals surface area (Å²) in [5.41, 5.74) is 12.2. The van der Waals surface area contributed by atoms with Crippen molar-refractivity contribution < 1.29 is 9.59 Å². The maximum atomic E-state index is 13.0. The van der Waals surface area contributed by atoms with Crippen LogP contribution < -0.4 is 11.1 Å². The molecular weight excluding hydrogens is 412 g/mol. The molecule has 6 rings (SSSR count). The van der Waals surface area contributed by atoms with Crippen molar-refractivity contribution in [3.8, 4) is 0 Å². The van der Waals surface area contributed by atoms with E-state index in [1.807, 2.05) is 18.2 Å². The maximum absolute atomic E-state index is 13.0. The number of amides is 2. The third-order valence-corrected chi connectivity index (χ3v) is 7.38. The highest BCUT2D eigenvalue weighted by Gasteiger charge is 2.44. The molecule has 0 saturated heterocycles. The van der Waals surface area contributed by atoms with Gasteiger partial charge in [-0.1, -0.05) is 36.4 Å². The Balaban J connectivity index is 1.41. The fraction of sp³-hybridized carbons (Fsp3) is 0.222. The summed E-state index contributed by atoms with van der Waals surface area (Å²) in [4.78, 5) is 27.5. The van der Waals surface area contributed by atoms with Gasteiger partial charge in [-0.15, -0.1) is 0 Å². The number of anilines is 1. The first-order valence-electron chi connectivity index (χ1n) is 11.3. The van der Waals surface area contributed by atoms with Crippen molar-refractivity contribution >= 4 is 23.3 Å². The summed E-state index contributed by atoms with van der Waals surface area (Å²) in [6, 6.07) is 21.3. The lowest BCUT2D eigenvalue weighted by Crippen LogP contribution is -2.49. The third kappa shape index (κ3) is 2.98. The Morgan fingerprint density at radius 2 is 1.67 bits per heavy atom. The first-order chi connectivity index (χ1) is 16.0. The van der Waals surface area contributed by atoms with Crippen molar-refractivity contribution in [3.63, 3.8) is 0 Å². The molecule has 2 heterocycles. The molecule has 4 N–H and O–H groups in total. The molecule has 164 valence electrons. The highest BCUT2D eigenvalue weighted by molar-refractivity contribution is 6.21. The lowest BCUT2D eigenvalue weighted by atomic mass is 9.66. The van der Waals surface area contributed by atoms with Crippen LogP contribution in [0, 0.1) is 11.3 Å². The number of nitrogens with one attached hydrogen (secondary N) is 2. The van der Waals surface area contributed by atoms with Crippen molar-refractivity contribution in [1.82, 2.24) is 4.90 Å². The van der Waals surface area contributed by atoms with Crippen LogP contribution in [0.4, 0.5) is 5.69 Å². The van der Waals surface area contributed by atoms with Gasteiger partial charge in [-0.25, -0.2) is 0 Å². The molecule has 33 heavy (non-hydrogen) atoms. The largest absolute Gasteiger partial charge is 0.384 e. The predicted molar refractivity (Wildman–Crippen MR) is 127 cm³/mol. The van der Waals surface area contributed by atoms with E-state index in [9.17, 15) is 9.59 Å². The Labute approximate surface area is 191 Å². The standard InChI is InChI=1S/C27H24N4O2/c28-25(29)16-10-12-22-21(13-16)24-17-6-2-1-5-15(17)9-11-20(24)23(30-22)14-31-26(32)18-7-3-4-8-19(18)27(31)33/h1-8,10,12-13,20,23-24,30H,9,11,14H2,(H3,28,29). The molecule has 0 spiro atoms. The van der Waals surface area contributed by atoms with E-state index in [0.717, 1.165) is 24.1 Å². The Hall–Kier alpha value is -3.93. The first-order valence-corrected chi connectivity index (χ1v) is 11.3. The third-order valence-electron chi connectivity index (χ3n) is 7.38. The van der Waals surface area contributed by atoms with Crippen molar-refractivity contribution in [1.29, 1.82) is 5.41 Å². The Kier molecular flexibility index (Phi) is 4.37. The zero-order valence-corrected chi connectivity index (χ0v) is 18.0. The topological polar surface area (TPSA) is 99.3 Å². The number of hydrogen-bond donors (Lipinski definition) is 3. The first kappa shape index (κ1) is 19.7. The second-order valence-electron chi connectivity index (χ2n) is 9.11. The second-order valence-corrected chi connectivity index (χ2v) is 9.11. The van der Waals surface area contributed by atoms with E-state index in [0.29, 0.717) is 23.2 Å². The Bertz CT molecular complexity index is 1300. The number of nitrogens with zero attached hydrogens (tertiary/aromatic N) is 1. The number of nitrogens with two attached hydrogens (primary N) is 1. The molecule has 3 atom stereocenters. The number of fused-ring (bicyclic) bond motifs is 6. The summed E-state index contributed by atoms with van der Waals surface area (Å²) in [5, 5.41) is 11.5. The van der Waals surface area contributed by atoms with E-state index in [-0.39, 0.29) is 35.5 Å². The molecule has 6 nitrogen and oxygen atoms in total. The van der Waals surface area contributed by atoms with Gasteiger partial charge in [0.15, 0.2) is 0 Å². The van der Waals surface area contributed by atoms with Crippen molar-refractivity contribution in [2.45, 2.75) is 24.8 Å². The van der Waals surface area contributed by atoms with Crippen molar-refractivity contribution in [2.24, 2.45) is 11.7 Å². The van der Waals surface area contributed by atoms with Crippen LogP contribution in [0.3, 0.4) is 0 Å². The van der Waals surface area contributed by atoms with Gasteiger partial charge < -0.3 is 11.1 Å². The molecule has 3 aromatic rings. The summed E-state index contributed by atoms with van der Waals surface area (Å²) in [7, 11) is 0. The van der Waals surface area contributed by atoms with Crippen LogP contribution in [-0.4, -0.2) is 35.1 Å². The number of carbonyl (C=O) groups is 2. The zero-order chi connectivity index (χ0) is 22.7. The lowest BCUT2D eigenvalue weighted by Gasteiger charge is -2.45. The number of rotatable bonds is 3. The van der Waals surface area contributed by atoms with Crippen LogP contribution in [0.25, 0.3) is 0 Å². The molecule has 3 aliphatic rings. The van der Waals surface area contributed by atoms with Gasteiger partial charge in [-0.05, 0) is 65.8 Å². The van der Waals surface area contributed by atoms with Crippen LogP contribution in [0.5, 0.6) is 0 Å². The molecular formula is C27H24N4O2. The van der Waals surface area contributed by atoms with Crippen molar-refractivity contribution in [2.75, 3.05) is 11.9 Å². The average Bonchev–Trinajstić information content (AvgIpc) is 3.08. The van der Waals surface area contributed by atoms with Gasteiger partial charge in [0.05, 0.1) is 11.1 Å². The number of nitrogen functional groups attached to an aromatic ring is 1. The number of benzene rings is 3. The van der Waals surface area contributed by atoms with E-state index < -0.39 is 0 Å². The number of amidine groups is 1. The molecule has 0 saturated carbocycles. The van der Waals surface area contributed by atoms with Crippen LogP contribution in [-0.2, 0) is 6.42 Å². The Morgan fingerprint density at radius 3 is 2.39 bits per heavy atom. The van der Waals surface area contributed by atoms with Crippen LogP contribution >= 0.6 is 0 Å². The van der Waals surface area contributed by atoms with E-state index in [4.69, 9.17) is 11.1 Å². The normalized spacial score (nSPS) is 22.7. The van der Waals surface area contributed by atoms with Gasteiger partial charge >= 0.3 is 0 Å². The zero-order valence-electron chi connectivity index (χ0n) is 18.0. The molecule has 0 bridgehead atoms. The molecule has 0 fully saturated rings. The van der Waals surface area contributed by atoms with Crippen molar-refractivity contribution in [3.05, 3.63) is 100 Å². The lowest BCUT2D eigenvalue weighted by molar-refractivity contribution is 0.0634. The minimum absolute atomic E-state index is 0.0478. The van der Waals surface area contributed by atoms with Crippen LogP contribution in [0.15, 0.2) is 66.7 Å². The summed E-state index contributed by atoms with van der Waals surface area (Å²) in [6.45, 7) is 0.323. The summed E-state index contributed by atoms with van der Waals surface area (Å²) < 4.78 is 0. The highest BCUT2D eigenvalue weighted by atomic mass is 16.2. The number of imide groups is 1. The minimum Gasteiger partial charge on any atom is -0.384 e. The molecule has 3 unspecified atom stereocenters. The van der Waals surface area contributed by atoms with Gasteiger partial charge in [0.1, 0.15) is 5.84 Å². The van der Waals surface area contributed by atoms with Crippen LogP contribution in [0.2, 0.25) is 0 Å². The maximum Gasteiger partial charge on any atom is 0.261 e. The van der Waals surface area contributed by atoms with Gasteiger partial charge in [-0.3, -0.25) is 19.9 Å². The summed E-state index contributed by atoms with van der Waals surface area (Å²) in [6.07, 6.45) is 1.91. The number of aryl methyl sites for hydroxylation is 1. The Morgan fingerprint density at radius 1 is 0.970 bits per heavy atom. The highest BCUT2D eigenvalue weighted by Crippen LogP contribution is 2.49. The number of carbonyl (C=O) groups excluding carboxylic acids is 2. The van der Waals surface area contributed by atoms with E-state index in [1.54, 1.807) is 24.3 Å². The van der Waals surface area contributed by atoms with Gasteiger partial charge in [0.25, 0.3) is 11.8 Å². The summed E-state index contributed by atoms with van der Waals surface area (Å²) >= 11 is 0. The summed E-state index contributed by atoms with van der Waals surface area (Å²) in [5.74, 6) is -0.0676. The van der Waals surface area contributed by atoms with Gasteiger partial charge in [-0.2, -0.15) is 0 Å². The van der Waals surface area contributed by atoms with E-state index in [2.05, 4.69) is 29.6 Å². The molecule has 2 amide bonds. The molecule has 2 aliphatic heterocycles. The molecule has 0 radical (unpaired) electrons. The monoisotopic (exact) mass is 436 g/mol.